The molecule has 282 valence electrons. The molecule has 0 amide bonds. The van der Waals surface area contributed by atoms with Crippen LogP contribution in [-0.4, -0.2) is 75.0 Å². The van der Waals surface area contributed by atoms with Crippen molar-refractivity contribution < 1.29 is 31.7 Å². The van der Waals surface area contributed by atoms with Crippen LogP contribution >= 0.6 is 0 Å². The molecule has 0 spiro atoms. The van der Waals surface area contributed by atoms with E-state index in [-0.39, 0.29) is 48.5 Å². The van der Waals surface area contributed by atoms with Crippen LogP contribution in [0.1, 0.15) is 213 Å². The topological polar surface area (TPSA) is 96.0 Å². The fourth-order valence-electron chi connectivity index (χ4n) is 5.89. The molecular weight excluding hydrogens is 635 g/mol. The summed E-state index contributed by atoms with van der Waals surface area (Å²) in [6.45, 7) is 6.68. The van der Waals surface area contributed by atoms with E-state index < -0.39 is 34.6 Å². The summed E-state index contributed by atoms with van der Waals surface area (Å²) in [6, 6.07) is 0. The normalized spacial score (nSPS) is 12.1. The Kier molecular flexibility index (Phi) is 39.6. The Hall–Kier alpha value is -0.150. The van der Waals surface area contributed by atoms with E-state index in [1.54, 1.807) is 6.92 Å². The third-order valence-electron chi connectivity index (χ3n) is 8.83. The molecule has 1 unspecified atom stereocenters. The molecule has 0 aromatic rings. The van der Waals surface area contributed by atoms with Gasteiger partial charge in [0.25, 0.3) is 10.1 Å². The quantitative estimate of drug-likeness (QED) is 0.0274. The van der Waals surface area contributed by atoms with Crippen molar-refractivity contribution >= 4 is 51.6 Å². The van der Waals surface area contributed by atoms with Crippen LogP contribution in [0.5, 0.6) is 0 Å². The summed E-state index contributed by atoms with van der Waals surface area (Å²) in [6.07, 6.45) is 33.1. The molecule has 0 N–H and O–H groups in total. The number of hydrogen-bond donors (Lipinski definition) is 0. The summed E-state index contributed by atoms with van der Waals surface area (Å²) in [7, 11) is -3.94. The molecule has 0 aliphatic heterocycles. The Morgan fingerprint density at radius 2 is 0.771 bits per heavy atom. The number of ether oxygens (including phenoxy) is 2. The molecule has 0 aromatic carbocycles. The molecule has 7 nitrogen and oxygen atoms in total. The SMILES string of the molecule is CCCCCCCCCCCCCCCCOC(=O)CC(OS(=O)(=O)CCC)C(=O)OCCCCCCCCCCCCCCCC.[NaH]. The Labute approximate surface area is 320 Å². The van der Waals surface area contributed by atoms with Gasteiger partial charge >= 0.3 is 41.5 Å². The third kappa shape index (κ3) is 35.7. The molecule has 0 radical (unpaired) electrons. The minimum absolute atomic E-state index is 0. The van der Waals surface area contributed by atoms with Crippen molar-refractivity contribution in [1.29, 1.82) is 0 Å². The summed E-state index contributed by atoms with van der Waals surface area (Å²) in [5, 5.41) is 0. The Bertz CT molecular complexity index is 806. The molecule has 0 bridgehead atoms. The van der Waals surface area contributed by atoms with E-state index in [1.807, 2.05) is 0 Å². The van der Waals surface area contributed by atoms with E-state index in [1.165, 1.54) is 141 Å². The number of unbranched alkanes of at least 4 members (excludes halogenated alkanes) is 26. The van der Waals surface area contributed by atoms with Crippen molar-refractivity contribution in [3.8, 4) is 0 Å². The van der Waals surface area contributed by atoms with Crippen molar-refractivity contribution in [2.45, 2.75) is 219 Å². The minimum atomic E-state index is -3.94. The van der Waals surface area contributed by atoms with Crippen molar-refractivity contribution in [2.75, 3.05) is 19.0 Å². The first-order valence-corrected chi connectivity index (χ1v) is 21.7. The van der Waals surface area contributed by atoms with Gasteiger partial charge in [0.05, 0.1) is 25.4 Å². The van der Waals surface area contributed by atoms with Gasteiger partial charge in [-0.3, -0.25) is 8.98 Å². The van der Waals surface area contributed by atoms with E-state index in [9.17, 15) is 18.0 Å². The first-order valence-electron chi connectivity index (χ1n) is 20.1. The summed E-state index contributed by atoms with van der Waals surface area (Å²) in [4.78, 5) is 25.1. The molecule has 0 aromatic heterocycles. The summed E-state index contributed by atoms with van der Waals surface area (Å²) < 4.78 is 40.3. The van der Waals surface area contributed by atoms with Gasteiger partial charge in [-0.2, -0.15) is 8.42 Å². The summed E-state index contributed by atoms with van der Waals surface area (Å²) in [5.41, 5.74) is 0. The maximum absolute atomic E-state index is 12.7. The molecule has 0 aliphatic carbocycles. The van der Waals surface area contributed by atoms with Crippen LogP contribution in [0, 0.1) is 0 Å². The zero-order valence-corrected chi connectivity index (χ0v) is 32.0. The van der Waals surface area contributed by atoms with Crippen molar-refractivity contribution in [2.24, 2.45) is 0 Å². The first-order chi connectivity index (χ1) is 22.9. The molecule has 9 heteroatoms. The number of esters is 2. The van der Waals surface area contributed by atoms with Gasteiger partial charge in [-0.05, 0) is 19.3 Å². The van der Waals surface area contributed by atoms with E-state index in [0.29, 0.717) is 12.8 Å². The number of rotatable bonds is 37. The fourth-order valence-corrected chi connectivity index (χ4v) is 6.98. The van der Waals surface area contributed by atoms with Gasteiger partial charge < -0.3 is 9.47 Å². The Balaban J connectivity index is 0. The third-order valence-corrected chi connectivity index (χ3v) is 10.3. The average Bonchev–Trinajstić information content (AvgIpc) is 3.04. The molecule has 0 rings (SSSR count). The van der Waals surface area contributed by atoms with Gasteiger partial charge in [-0.15, -0.1) is 0 Å². The second-order valence-electron chi connectivity index (χ2n) is 13.6. The molecule has 1 atom stereocenters. The summed E-state index contributed by atoms with van der Waals surface area (Å²) in [5.74, 6) is -1.67. The van der Waals surface area contributed by atoms with Crippen LogP contribution in [0.4, 0.5) is 0 Å². The van der Waals surface area contributed by atoms with E-state index in [4.69, 9.17) is 13.7 Å². The van der Waals surface area contributed by atoms with E-state index in [0.717, 1.165) is 32.1 Å². The summed E-state index contributed by atoms with van der Waals surface area (Å²) >= 11 is 0. The second-order valence-corrected chi connectivity index (χ2v) is 15.3. The van der Waals surface area contributed by atoms with Crippen LogP contribution in [0.25, 0.3) is 0 Å². The number of carbonyl (C=O) groups is 2. The molecule has 0 fully saturated rings. The monoisotopic (exact) mass is 713 g/mol. The molecule has 0 saturated heterocycles. The van der Waals surface area contributed by atoms with Gasteiger partial charge in [0.15, 0.2) is 6.10 Å². The molecular formula is C39H77NaO7S. The number of hydrogen-bond acceptors (Lipinski definition) is 7. The Morgan fingerprint density at radius 3 is 1.10 bits per heavy atom. The van der Waals surface area contributed by atoms with Crippen molar-refractivity contribution in [1.82, 2.24) is 0 Å². The van der Waals surface area contributed by atoms with Crippen LogP contribution in [0.15, 0.2) is 0 Å². The van der Waals surface area contributed by atoms with E-state index in [2.05, 4.69) is 13.8 Å². The fraction of sp³-hybridized carbons (Fsp3) is 0.949. The molecule has 0 saturated carbocycles. The van der Waals surface area contributed by atoms with Crippen molar-refractivity contribution in [3.05, 3.63) is 0 Å². The predicted molar refractivity (Wildman–Crippen MR) is 203 cm³/mol. The molecule has 48 heavy (non-hydrogen) atoms. The zero-order valence-electron chi connectivity index (χ0n) is 31.2. The van der Waals surface area contributed by atoms with Gasteiger partial charge in [0, 0.05) is 0 Å². The van der Waals surface area contributed by atoms with E-state index >= 15 is 0 Å². The van der Waals surface area contributed by atoms with Crippen LogP contribution in [-0.2, 0) is 33.4 Å². The van der Waals surface area contributed by atoms with Crippen LogP contribution in [0.3, 0.4) is 0 Å². The van der Waals surface area contributed by atoms with Gasteiger partial charge in [-0.1, -0.05) is 188 Å². The maximum atomic E-state index is 12.7. The molecule has 0 aliphatic rings. The predicted octanol–water partition coefficient (Wildman–Crippen LogP) is 10.9. The van der Waals surface area contributed by atoms with Gasteiger partial charge in [-0.25, -0.2) is 4.79 Å². The zero-order chi connectivity index (χ0) is 34.7. The molecule has 0 heterocycles. The first kappa shape index (κ1) is 50.0. The van der Waals surface area contributed by atoms with Crippen LogP contribution < -0.4 is 0 Å². The van der Waals surface area contributed by atoms with Crippen molar-refractivity contribution in [3.63, 3.8) is 0 Å². The average molecular weight is 713 g/mol. The second kappa shape index (κ2) is 38.1. The standard InChI is InChI=1S/C39H76O7S.Na.H/c1-4-7-9-11-13-15-17-19-21-23-25-27-29-31-33-44-38(40)36-37(46-47(42,43)35-6-3)39(41)45-34-32-30-28-26-24-22-20-18-16-14-12-10-8-5-2;;/h37H,4-36H2,1-3H3;;. The van der Waals surface area contributed by atoms with Gasteiger partial charge in [0.1, 0.15) is 0 Å². The number of carbonyl (C=O) groups excluding carboxylic acids is 2. The Morgan fingerprint density at radius 1 is 0.458 bits per heavy atom. The van der Waals surface area contributed by atoms with Crippen LogP contribution in [0.2, 0.25) is 0 Å². The van der Waals surface area contributed by atoms with Gasteiger partial charge in [0.2, 0.25) is 0 Å².